The summed E-state index contributed by atoms with van der Waals surface area (Å²) >= 11 is 9.72. The highest BCUT2D eigenvalue weighted by atomic mass is 79.9. The lowest BCUT2D eigenvalue weighted by atomic mass is 9.98. The van der Waals surface area contributed by atoms with E-state index in [4.69, 9.17) is 17.3 Å². The van der Waals surface area contributed by atoms with Crippen molar-refractivity contribution in [1.82, 2.24) is 4.90 Å². The molecular weight excluding hydrogens is 312 g/mol. The molecule has 0 spiro atoms. The summed E-state index contributed by atoms with van der Waals surface area (Å²) in [5.41, 5.74) is 7.38. The van der Waals surface area contributed by atoms with Crippen LogP contribution in [-0.2, 0) is 6.54 Å². The molecule has 4 heteroatoms. The molecule has 3 rings (SSSR count). The standard InChI is InChI=1S/C14H18BrClN2/c15-11-3-1-10(13(16)5-11)7-18-6-9-2-4-14(17)12(9)8-18/h1,3,5,9,12,14H,2,4,6-8,17H2. The Morgan fingerprint density at radius 1 is 1.33 bits per heavy atom. The number of rotatable bonds is 2. The van der Waals surface area contributed by atoms with Crippen LogP contribution in [0.4, 0.5) is 0 Å². The molecule has 1 aromatic carbocycles. The lowest BCUT2D eigenvalue weighted by Crippen LogP contribution is -2.30. The molecule has 1 heterocycles. The summed E-state index contributed by atoms with van der Waals surface area (Å²) in [6.45, 7) is 3.27. The van der Waals surface area contributed by atoms with E-state index in [1.54, 1.807) is 0 Å². The van der Waals surface area contributed by atoms with Gasteiger partial charge in [0.15, 0.2) is 0 Å². The van der Waals surface area contributed by atoms with Crippen molar-refractivity contribution in [2.45, 2.75) is 25.4 Å². The lowest BCUT2D eigenvalue weighted by molar-refractivity contribution is 0.298. The van der Waals surface area contributed by atoms with Gasteiger partial charge in [-0.2, -0.15) is 0 Å². The van der Waals surface area contributed by atoms with Gasteiger partial charge >= 0.3 is 0 Å². The summed E-state index contributed by atoms with van der Waals surface area (Å²) in [5, 5.41) is 0.853. The number of fused-ring (bicyclic) bond motifs is 1. The fourth-order valence-corrected chi connectivity index (χ4v) is 4.15. The van der Waals surface area contributed by atoms with E-state index >= 15 is 0 Å². The molecule has 1 saturated heterocycles. The number of benzene rings is 1. The highest BCUT2D eigenvalue weighted by molar-refractivity contribution is 9.10. The Balaban J connectivity index is 1.68. The smallest absolute Gasteiger partial charge is 0.0462 e. The molecule has 18 heavy (non-hydrogen) atoms. The maximum atomic E-state index is 6.28. The zero-order valence-corrected chi connectivity index (χ0v) is 12.6. The van der Waals surface area contributed by atoms with Gasteiger partial charge in [0, 0.05) is 35.2 Å². The molecule has 0 bridgehead atoms. The second kappa shape index (κ2) is 5.12. The van der Waals surface area contributed by atoms with Crippen molar-refractivity contribution in [2.75, 3.05) is 13.1 Å². The molecule has 0 radical (unpaired) electrons. The highest BCUT2D eigenvalue weighted by Crippen LogP contribution is 2.38. The number of halogens is 2. The summed E-state index contributed by atoms with van der Waals surface area (Å²) in [7, 11) is 0. The summed E-state index contributed by atoms with van der Waals surface area (Å²) in [6, 6.07) is 6.56. The molecule has 1 aromatic rings. The Hall–Kier alpha value is -0.0900. The van der Waals surface area contributed by atoms with Crippen molar-refractivity contribution in [1.29, 1.82) is 0 Å². The van der Waals surface area contributed by atoms with Gasteiger partial charge in [0.05, 0.1) is 0 Å². The predicted octanol–water partition coefficient (Wildman–Crippen LogP) is 3.27. The Morgan fingerprint density at radius 3 is 2.89 bits per heavy atom. The minimum absolute atomic E-state index is 0.417. The largest absolute Gasteiger partial charge is 0.327 e. The normalized spacial score (nSPS) is 31.8. The number of nitrogens with two attached hydrogens (primary N) is 1. The van der Waals surface area contributed by atoms with Gasteiger partial charge in [-0.25, -0.2) is 0 Å². The summed E-state index contributed by atoms with van der Waals surface area (Å²) in [6.07, 6.45) is 2.51. The van der Waals surface area contributed by atoms with Crippen molar-refractivity contribution < 1.29 is 0 Å². The van der Waals surface area contributed by atoms with E-state index in [2.05, 4.69) is 33.0 Å². The van der Waals surface area contributed by atoms with Crippen molar-refractivity contribution in [3.05, 3.63) is 33.3 Å². The summed E-state index contributed by atoms with van der Waals surface area (Å²) in [4.78, 5) is 2.50. The third kappa shape index (κ3) is 2.46. The monoisotopic (exact) mass is 328 g/mol. The molecule has 98 valence electrons. The van der Waals surface area contributed by atoms with Gasteiger partial charge in [0.2, 0.25) is 0 Å². The van der Waals surface area contributed by atoms with Crippen LogP contribution in [0.25, 0.3) is 0 Å². The van der Waals surface area contributed by atoms with Crippen LogP contribution in [0.15, 0.2) is 22.7 Å². The van der Waals surface area contributed by atoms with Crippen LogP contribution >= 0.6 is 27.5 Å². The van der Waals surface area contributed by atoms with Crippen LogP contribution in [0.5, 0.6) is 0 Å². The molecule has 2 fully saturated rings. The van der Waals surface area contributed by atoms with Gasteiger partial charge < -0.3 is 5.73 Å². The molecule has 1 aliphatic heterocycles. The Bertz CT molecular complexity index is 451. The number of likely N-dealkylation sites (tertiary alicyclic amines) is 1. The number of hydrogen-bond acceptors (Lipinski definition) is 2. The van der Waals surface area contributed by atoms with Crippen LogP contribution in [-0.4, -0.2) is 24.0 Å². The predicted molar refractivity (Wildman–Crippen MR) is 78.6 cm³/mol. The maximum Gasteiger partial charge on any atom is 0.0462 e. The van der Waals surface area contributed by atoms with Crippen molar-refractivity contribution >= 4 is 27.5 Å². The minimum Gasteiger partial charge on any atom is -0.327 e. The van der Waals surface area contributed by atoms with Crippen molar-refractivity contribution in [3.8, 4) is 0 Å². The maximum absolute atomic E-state index is 6.28. The molecule has 3 unspecified atom stereocenters. The summed E-state index contributed by atoms with van der Waals surface area (Å²) < 4.78 is 1.04. The van der Waals surface area contributed by atoms with Gasteiger partial charge in [-0.05, 0) is 42.4 Å². The van der Waals surface area contributed by atoms with Crippen LogP contribution in [0.2, 0.25) is 5.02 Å². The van der Waals surface area contributed by atoms with E-state index in [-0.39, 0.29) is 0 Å². The second-order valence-electron chi connectivity index (χ2n) is 5.59. The lowest BCUT2D eigenvalue weighted by Gasteiger charge is -2.19. The molecule has 0 aromatic heterocycles. The van der Waals surface area contributed by atoms with Gasteiger partial charge in [-0.3, -0.25) is 4.90 Å². The van der Waals surface area contributed by atoms with Crippen LogP contribution in [0, 0.1) is 11.8 Å². The molecule has 2 N–H and O–H groups in total. The van der Waals surface area contributed by atoms with E-state index in [0.29, 0.717) is 12.0 Å². The Morgan fingerprint density at radius 2 is 2.17 bits per heavy atom. The molecule has 1 aliphatic carbocycles. The minimum atomic E-state index is 0.417. The molecular formula is C14H18BrClN2. The van der Waals surface area contributed by atoms with Crippen LogP contribution < -0.4 is 5.73 Å². The van der Waals surface area contributed by atoms with Crippen LogP contribution in [0.3, 0.4) is 0 Å². The quantitative estimate of drug-likeness (QED) is 0.902. The highest BCUT2D eigenvalue weighted by Gasteiger charge is 2.40. The first kappa shape index (κ1) is 12.9. The first-order chi connectivity index (χ1) is 8.63. The molecule has 3 atom stereocenters. The third-order valence-electron chi connectivity index (χ3n) is 4.40. The van der Waals surface area contributed by atoms with Gasteiger partial charge in [-0.15, -0.1) is 0 Å². The summed E-state index contributed by atoms with van der Waals surface area (Å²) in [5.74, 6) is 1.52. The van der Waals surface area contributed by atoms with E-state index in [1.165, 1.54) is 24.9 Å². The SMILES string of the molecule is NC1CCC2CN(Cc3ccc(Br)cc3Cl)CC12. The van der Waals surface area contributed by atoms with Crippen LogP contribution in [0.1, 0.15) is 18.4 Å². The fraction of sp³-hybridized carbons (Fsp3) is 0.571. The zero-order chi connectivity index (χ0) is 12.7. The average Bonchev–Trinajstić information content (AvgIpc) is 2.86. The molecule has 2 aliphatic rings. The molecule has 2 nitrogen and oxygen atoms in total. The van der Waals surface area contributed by atoms with E-state index in [9.17, 15) is 0 Å². The third-order valence-corrected chi connectivity index (χ3v) is 5.24. The van der Waals surface area contributed by atoms with Gasteiger partial charge in [0.1, 0.15) is 0 Å². The molecule has 1 saturated carbocycles. The average molecular weight is 330 g/mol. The van der Waals surface area contributed by atoms with Gasteiger partial charge in [-0.1, -0.05) is 33.6 Å². The Kier molecular flexibility index (Phi) is 3.68. The second-order valence-corrected chi connectivity index (χ2v) is 6.92. The zero-order valence-electron chi connectivity index (χ0n) is 10.3. The molecule has 0 amide bonds. The van der Waals surface area contributed by atoms with Crippen molar-refractivity contribution in [3.63, 3.8) is 0 Å². The topological polar surface area (TPSA) is 29.3 Å². The van der Waals surface area contributed by atoms with E-state index in [1.807, 2.05) is 6.07 Å². The fourth-order valence-electron chi connectivity index (χ4n) is 3.42. The van der Waals surface area contributed by atoms with Crippen molar-refractivity contribution in [2.24, 2.45) is 17.6 Å². The van der Waals surface area contributed by atoms with Gasteiger partial charge in [0.25, 0.3) is 0 Å². The number of hydrogen-bond donors (Lipinski definition) is 1. The Labute approximate surface area is 122 Å². The first-order valence-electron chi connectivity index (χ1n) is 6.55. The van der Waals surface area contributed by atoms with E-state index in [0.717, 1.165) is 28.5 Å². The van der Waals surface area contributed by atoms with E-state index < -0.39 is 0 Å². The number of nitrogens with zero attached hydrogens (tertiary/aromatic N) is 1. The first-order valence-corrected chi connectivity index (χ1v) is 7.72.